The first kappa shape index (κ1) is 20.2. The molecule has 1 aromatic heterocycles. The lowest BCUT2D eigenvalue weighted by Crippen LogP contribution is -2.49. The lowest BCUT2D eigenvalue weighted by molar-refractivity contribution is 0.0596. The summed E-state index contributed by atoms with van der Waals surface area (Å²) in [4.78, 5) is 20.9. The highest BCUT2D eigenvalue weighted by atomic mass is 19.1. The number of carbonyl (C=O) groups is 1. The van der Waals surface area contributed by atoms with Crippen molar-refractivity contribution in [2.45, 2.75) is 13.0 Å². The van der Waals surface area contributed by atoms with Gasteiger partial charge in [-0.2, -0.15) is 0 Å². The van der Waals surface area contributed by atoms with Crippen LogP contribution in [0.15, 0.2) is 67.0 Å². The maximum absolute atomic E-state index is 13.9. The van der Waals surface area contributed by atoms with Crippen molar-refractivity contribution in [2.24, 2.45) is 0 Å². The van der Waals surface area contributed by atoms with Gasteiger partial charge >= 0.3 is 0 Å². The first-order valence-electron chi connectivity index (χ1n) is 9.97. The Hall–Kier alpha value is -3.12. The molecule has 0 N–H and O–H groups in total. The Kier molecular flexibility index (Phi) is 5.86. The van der Waals surface area contributed by atoms with Crippen molar-refractivity contribution in [1.82, 2.24) is 14.8 Å². The van der Waals surface area contributed by atoms with Crippen LogP contribution in [0.5, 0.6) is 0 Å². The summed E-state index contributed by atoms with van der Waals surface area (Å²) in [7, 11) is 0. The maximum Gasteiger partial charge on any atom is 0.255 e. The van der Waals surface area contributed by atoms with Crippen molar-refractivity contribution in [3.05, 3.63) is 101 Å². The molecule has 6 heteroatoms. The zero-order valence-electron chi connectivity index (χ0n) is 16.8. The Balaban J connectivity index is 1.56. The van der Waals surface area contributed by atoms with Crippen LogP contribution in [0.1, 0.15) is 33.1 Å². The molecule has 30 heavy (non-hydrogen) atoms. The number of carbonyl (C=O) groups excluding carboxylic acids is 1. The van der Waals surface area contributed by atoms with E-state index < -0.39 is 11.6 Å². The summed E-state index contributed by atoms with van der Waals surface area (Å²) in [6.45, 7) is 4.18. The lowest BCUT2D eigenvalue weighted by atomic mass is 9.96. The number of amides is 1. The zero-order valence-corrected chi connectivity index (χ0v) is 16.8. The quantitative estimate of drug-likeness (QED) is 0.650. The summed E-state index contributed by atoms with van der Waals surface area (Å²) >= 11 is 0. The van der Waals surface area contributed by atoms with Crippen molar-refractivity contribution in [1.29, 1.82) is 0 Å². The fourth-order valence-electron chi connectivity index (χ4n) is 4.02. The average molecular weight is 407 g/mol. The lowest BCUT2D eigenvalue weighted by Gasteiger charge is -2.39. The van der Waals surface area contributed by atoms with E-state index in [4.69, 9.17) is 0 Å². The monoisotopic (exact) mass is 407 g/mol. The van der Waals surface area contributed by atoms with Gasteiger partial charge in [-0.05, 0) is 41.8 Å². The minimum Gasteiger partial charge on any atom is -0.336 e. The van der Waals surface area contributed by atoms with E-state index in [2.05, 4.69) is 9.88 Å². The van der Waals surface area contributed by atoms with Gasteiger partial charge in [0.05, 0.1) is 11.6 Å². The van der Waals surface area contributed by atoms with Crippen LogP contribution in [0.3, 0.4) is 0 Å². The summed E-state index contributed by atoms with van der Waals surface area (Å²) < 4.78 is 27.9. The highest BCUT2D eigenvalue weighted by Gasteiger charge is 2.29. The van der Waals surface area contributed by atoms with E-state index in [0.717, 1.165) is 17.2 Å². The number of hydrogen-bond donors (Lipinski definition) is 0. The second kappa shape index (κ2) is 8.71. The van der Waals surface area contributed by atoms with E-state index in [1.165, 1.54) is 12.1 Å². The van der Waals surface area contributed by atoms with Crippen LogP contribution < -0.4 is 0 Å². The molecule has 1 saturated heterocycles. The maximum atomic E-state index is 13.9. The van der Waals surface area contributed by atoms with E-state index in [9.17, 15) is 13.6 Å². The van der Waals surface area contributed by atoms with E-state index >= 15 is 0 Å². The van der Waals surface area contributed by atoms with Gasteiger partial charge in [-0.15, -0.1) is 0 Å². The Morgan fingerprint density at radius 2 is 1.57 bits per heavy atom. The number of nitrogens with zero attached hydrogens (tertiary/aromatic N) is 3. The number of rotatable bonds is 4. The molecular weight excluding hydrogens is 384 g/mol. The molecule has 1 unspecified atom stereocenters. The van der Waals surface area contributed by atoms with E-state index in [-0.39, 0.29) is 11.9 Å². The third kappa shape index (κ3) is 4.39. The molecule has 2 heterocycles. The molecule has 0 spiro atoms. The number of aromatic nitrogens is 1. The SMILES string of the molecule is Cc1cncc(C(=O)N2CCN(C(c3ccccc3)c3cc(F)cc(F)c3)CC2)c1. The van der Waals surface area contributed by atoms with Crippen LogP contribution in [0.25, 0.3) is 0 Å². The van der Waals surface area contributed by atoms with Crippen LogP contribution >= 0.6 is 0 Å². The number of benzene rings is 2. The summed E-state index contributed by atoms with van der Waals surface area (Å²) in [5.74, 6) is -1.22. The number of halogens is 2. The fraction of sp³-hybridized carbons (Fsp3) is 0.250. The summed E-state index contributed by atoms with van der Waals surface area (Å²) in [5, 5.41) is 0. The molecule has 154 valence electrons. The van der Waals surface area contributed by atoms with Gasteiger partial charge in [0.15, 0.2) is 0 Å². The van der Waals surface area contributed by atoms with Crippen molar-refractivity contribution in [2.75, 3.05) is 26.2 Å². The van der Waals surface area contributed by atoms with E-state index in [1.807, 2.05) is 43.3 Å². The topological polar surface area (TPSA) is 36.4 Å². The molecule has 3 aromatic rings. The first-order valence-corrected chi connectivity index (χ1v) is 9.97. The predicted octanol–water partition coefficient (Wildman–Crippen LogP) is 4.22. The molecule has 1 fully saturated rings. The molecular formula is C24H23F2N3O. The third-order valence-corrected chi connectivity index (χ3v) is 5.40. The van der Waals surface area contributed by atoms with E-state index in [0.29, 0.717) is 37.3 Å². The smallest absolute Gasteiger partial charge is 0.255 e. The van der Waals surface area contributed by atoms with Crippen molar-refractivity contribution >= 4 is 5.91 Å². The molecule has 0 bridgehead atoms. The molecule has 0 saturated carbocycles. The van der Waals surface area contributed by atoms with Crippen molar-refractivity contribution in [3.63, 3.8) is 0 Å². The standard InChI is InChI=1S/C24H23F2N3O/c1-17-11-20(16-27-15-17)24(30)29-9-7-28(8-10-29)23(18-5-3-2-4-6-18)19-12-21(25)14-22(26)13-19/h2-6,11-16,23H,7-10H2,1H3. The van der Waals surface area contributed by atoms with Crippen LogP contribution in [0, 0.1) is 18.6 Å². The minimum absolute atomic E-state index is 0.0427. The number of aryl methyl sites for hydroxylation is 1. The number of piperazine rings is 1. The molecule has 2 aromatic carbocycles. The second-order valence-electron chi connectivity index (χ2n) is 7.60. The molecule has 1 amide bonds. The van der Waals surface area contributed by atoms with Crippen molar-refractivity contribution in [3.8, 4) is 0 Å². The van der Waals surface area contributed by atoms with Crippen LogP contribution in [-0.4, -0.2) is 46.9 Å². The predicted molar refractivity (Wildman–Crippen MR) is 111 cm³/mol. The average Bonchev–Trinajstić information content (AvgIpc) is 2.74. The highest BCUT2D eigenvalue weighted by Crippen LogP contribution is 2.30. The Labute approximate surface area is 174 Å². The molecule has 0 aliphatic carbocycles. The minimum atomic E-state index is -0.591. The number of pyridine rings is 1. The third-order valence-electron chi connectivity index (χ3n) is 5.40. The Morgan fingerprint density at radius 1 is 0.900 bits per heavy atom. The van der Waals surface area contributed by atoms with Gasteiger partial charge in [0.2, 0.25) is 0 Å². The largest absolute Gasteiger partial charge is 0.336 e. The summed E-state index contributed by atoms with van der Waals surface area (Å²) in [5.41, 5.74) is 3.05. The van der Waals surface area contributed by atoms with E-state index in [1.54, 1.807) is 17.3 Å². The first-order chi connectivity index (χ1) is 14.5. The van der Waals surface area contributed by atoms with Gasteiger partial charge in [0.1, 0.15) is 11.6 Å². The molecule has 0 radical (unpaired) electrons. The summed E-state index contributed by atoms with van der Waals surface area (Å²) in [6.07, 6.45) is 3.31. The molecule has 1 atom stereocenters. The Bertz CT molecular complexity index is 1010. The van der Waals surface area contributed by atoms with Gasteiger partial charge in [0, 0.05) is 44.6 Å². The van der Waals surface area contributed by atoms with Gasteiger partial charge in [-0.1, -0.05) is 30.3 Å². The van der Waals surface area contributed by atoms with Crippen molar-refractivity contribution < 1.29 is 13.6 Å². The fourth-order valence-corrected chi connectivity index (χ4v) is 4.02. The molecule has 4 rings (SSSR count). The van der Waals surface area contributed by atoms with Gasteiger partial charge < -0.3 is 4.90 Å². The molecule has 1 aliphatic heterocycles. The van der Waals surface area contributed by atoms with Crippen LogP contribution in [0.4, 0.5) is 8.78 Å². The normalized spacial score (nSPS) is 15.8. The van der Waals surface area contributed by atoms with Crippen LogP contribution in [0.2, 0.25) is 0 Å². The van der Waals surface area contributed by atoms with Gasteiger partial charge in [-0.25, -0.2) is 8.78 Å². The highest BCUT2D eigenvalue weighted by molar-refractivity contribution is 5.94. The van der Waals surface area contributed by atoms with Crippen LogP contribution in [-0.2, 0) is 0 Å². The Morgan fingerprint density at radius 3 is 2.20 bits per heavy atom. The second-order valence-corrected chi connectivity index (χ2v) is 7.60. The van der Waals surface area contributed by atoms with Gasteiger partial charge in [-0.3, -0.25) is 14.7 Å². The molecule has 4 nitrogen and oxygen atoms in total. The number of hydrogen-bond acceptors (Lipinski definition) is 3. The van der Waals surface area contributed by atoms with Gasteiger partial charge in [0.25, 0.3) is 5.91 Å². The molecule has 1 aliphatic rings. The summed E-state index contributed by atoms with van der Waals surface area (Å²) in [6, 6.07) is 14.9. The zero-order chi connectivity index (χ0) is 21.1.